The van der Waals surface area contributed by atoms with E-state index in [4.69, 9.17) is 37.0 Å². The van der Waals surface area contributed by atoms with E-state index in [1.165, 1.54) is 231 Å². The van der Waals surface area contributed by atoms with E-state index in [1.54, 1.807) is 0 Å². The highest BCUT2D eigenvalue weighted by Gasteiger charge is 2.30. The van der Waals surface area contributed by atoms with Gasteiger partial charge in [-0.25, -0.2) is 9.13 Å². The van der Waals surface area contributed by atoms with E-state index in [9.17, 15) is 43.2 Å². The molecule has 0 saturated carbocycles. The number of carbonyl (C=O) groups excluding carboxylic acids is 4. The molecule has 19 heteroatoms. The summed E-state index contributed by atoms with van der Waals surface area (Å²) in [6.45, 7) is 9.61. The molecule has 0 heterocycles. The van der Waals surface area contributed by atoms with Crippen LogP contribution in [0.1, 0.15) is 427 Å². The van der Waals surface area contributed by atoms with Crippen molar-refractivity contribution in [3.63, 3.8) is 0 Å². The Bertz CT molecular complexity index is 1930. The van der Waals surface area contributed by atoms with Gasteiger partial charge in [0.15, 0.2) is 12.2 Å². The minimum atomic E-state index is -4.96. The SMILES string of the molecule is CCCCCCCCCCCCCCCCCCCCCCC(=O)OC[C@H](COP(=O)(O)OC[C@@H](O)COP(=O)(O)OC[C@@H](COC(=O)CCCCCCCCC)OC(=O)CCCCCCCCCCC(C)CC)OC(=O)CCCCCCCCCCCCCCCCCCCCC(C)C. The van der Waals surface area contributed by atoms with Crippen molar-refractivity contribution >= 4 is 39.5 Å². The number of unbranched alkanes of at least 4 members (excludes halogenated alkanes) is 49. The van der Waals surface area contributed by atoms with Crippen molar-refractivity contribution < 1.29 is 80.2 Å². The summed E-state index contributed by atoms with van der Waals surface area (Å²) in [4.78, 5) is 72.8. The molecule has 594 valence electrons. The van der Waals surface area contributed by atoms with Crippen molar-refractivity contribution in [2.24, 2.45) is 11.8 Å². The first-order valence-corrected chi connectivity index (χ1v) is 45.0. The second kappa shape index (κ2) is 72.6. The first-order valence-electron chi connectivity index (χ1n) is 42.0. The van der Waals surface area contributed by atoms with Gasteiger partial charge in [0.05, 0.1) is 26.4 Å². The van der Waals surface area contributed by atoms with Crippen molar-refractivity contribution in [2.75, 3.05) is 39.6 Å². The van der Waals surface area contributed by atoms with E-state index >= 15 is 0 Å². The number of aliphatic hydroxyl groups is 1. The Kier molecular flexibility index (Phi) is 71.2. The highest BCUT2D eigenvalue weighted by molar-refractivity contribution is 7.47. The minimum absolute atomic E-state index is 0.105. The molecule has 0 aromatic rings. The lowest BCUT2D eigenvalue weighted by molar-refractivity contribution is -0.161. The third kappa shape index (κ3) is 73.0. The van der Waals surface area contributed by atoms with Crippen LogP contribution in [0.2, 0.25) is 0 Å². The molecule has 3 unspecified atom stereocenters. The van der Waals surface area contributed by atoms with Gasteiger partial charge < -0.3 is 33.8 Å². The number of esters is 4. The molecule has 0 aromatic heterocycles. The Morgan fingerprint density at radius 2 is 0.510 bits per heavy atom. The monoisotopic (exact) mass is 1470 g/mol. The van der Waals surface area contributed by atoms with Gasteiger partial charge in [-0.3, -0.25) is 37.3 Å². The number of hydrogen-bond donors (Lipinski definition) is 3. The fraction of sp³-hybridized carbons (Fsp3) is 0.951. The Labute approximate surface area is 613 Å². The van der Waals surface area contributed by atoms with E-state index in [1.807, 2.05) is 0 Å². The third-order valence-electron chi connectivity index (χ3n) is 19.3. The van der Waals surface area contributed by atoms with E-state index in [0.717, 1.165) is 115 Å². The van der Waals surface area contributed by atoms with E-state index in [2.05, 4.69) is 41.5 Å². The van der Waals surface area contributed by atoms with Gasteiger partial charge in [-0.2, -0.15) is 0 Å². The van der Waals surface area contributed by atoms with E-state index < -0.39 is 97.5 Å². The molecule has 100 heavy (non-hydrogen) atoms. The fourth-order valence-corrected chi connectivity index (χ4v) is 14.1. The van der Waals surface area contributed by atoms with Gasteiger partial charge in [-0.1, -0.05) is 375 Å². The van der Waals surface area contributed by atoms with Gasteiger partial charge in [0.2, 0.25) is 0 Å². The van der Waals surface area contributed by atoms with Crippen LogP contribution in [0, 0.1) is 11.8 Å². The number of aliphatic hydroxyl groups excluding tert-OH is 1. The molecule has 6 atom stereocenters. The molecule has 0 bridgehead atoms. The zero-order valence-corrected chi connectivity index (χ0v) is 67.3. The zero-order valence-electron chi connectivity index (χ0n) is 65.5. The minimum Gasteiger partial charge on any atom is -0.462 e. The maximum Gasteiger partial charge on any atom is 0.472 e. The highest BCUT2D eigenvalue weighted by atomic mass is 31.2. The molecule has 17 nitrogen and oxygen atoms in total. The largest absolute Gasteiger partial charge is 0.472 e. The standard InChI is InChI=1S/C81H158O17P2/c1-7-10-12-14-16-17-18-19-20-21-22-23-27-30-33-36-39-46-52-58-64-79(84)92-70-77(97-80(85)65-59-53-47-40-37-34-31-28-25-24-26-29-32-35-38-44-49-55-61-73(4)5)72-96-100(89,90)94-68-75(82)67-93-99(87,88)95-71-76(69-91-78(83)63-57-51-43-15-13-11-8-2)98-81(86)66-60-54-48-42-41-45-50-56-62-74(6)9-3/h73-77,82H,7-72H2,1-6H3,(H,87,88)(H,89,90)/t74?,75-,76+,77+/m0/s1. The van der Waals surface area contributed by atoms with Crippen LogP contribution in [0.25, 0.3) is 0 Å². The molecule has 0 amide bonds. The Morgan fingerprint density at radius 3 is 0.760 bits per heavy atom. The third-order valence-corrected chi connectivity index (χ3v) is 21.2. The van der Waals surface area contributed by atoms with Crippen LogP contribution >= 0.6 is 15.6 Å². The normalized spacial score (nSPS) is 14.2. The van der Waals surface area contributed by atoms with Gasteiger partial charge in [0.1, 0.15) is 19.3 Å². The molecule has 0 aliphatic heterocycles. The van der Waals surface area contributed by atoms with Crippen LogP contribution in [-0.2, 0) is 65.4 Å². The summed E-state index contributed by atoms with van der Waals surface area (Å²) >= 11 is 0. The number of rotatable bonds is 80. The molecular formula is C81H158O17P2. The predicted molar refractivity (Wildman–Crippen MR) is 409 cm³/mol. The van der Waals surface area contributed by atoms with Crippen LogP contribution in [0.5, 0.6) is 0 Å². The molecule has 0 saturated heterocycles. The number of ether oxygens (including phenoxy) is 4. The lowest BCUT2D eigenvalue weighted by Crippen LogP contribution is -2.30. The Balaban J connectivity index is 5.16. The van der Waals surface area contributed by atoms with Crippen LogP contribution in [-0.4, -0.2) is 96.7 Å². The molecule has 0 aromatic carbocycles. The van der Waals surface area contributed by atoms with Gasteiger partial charge in [0.25, 0.3) is 0 Å². The lowest BCUT2D eigenvalue weighted by atomic mass is 9.99. The van der Waals surface area contributed by atoms with Crippen LogP contribution in [0.15, 0.2) is 0 Å². The van der Waals surface area contributed by atoms with Crippen molar-refractivity contribution in [3.8, 4) is 0 Å². The highest BCUT2D eigenvalue weighted by Crippen LogP contribution is 2.45. The van der Waals surface area contributed by atoms with Gasteiger partial charge in [0, 0.05) is 25.7 Å². The summed E-state index contributed by atoms with van der Waals surface area (Å²) < 4.78 is 68.6. The molecule has 0 fully saturated rings. The summed E-state index contributed by atoms with van der Waals surface area (Å²) in [7, 11) is -9.91. The van der Waals surface area contributed by atoms with E-state index in [-0.39, 0.29) is 25.7 Å². The lowest BCUT2D eigenvalue weighted by Gasteiger charge is -2.21. The summed E-state index contributed by atoms with van der Waals surface area (Å²) in [5.74, 6) is -0.526. The van der Waals surface area contributed by atoms with Gasteiger partial charge in [-0.15, -0.1) is 0 Å². The second-order valence-corrected chi connectivity index (χ2v) is 32.8. The van der Waals surface area contributed by atoms with Crippen molar-refractivity contribution in [1.29, 1.82) is 0 Å². The number of hydrogen-bond acceptors (Lipinski definition) is 15. The van der Waals surface area contributed by atoms with Crippen LogP contribution in [0.4, 0.5) is 0 Å². The molecule has 0 aliphatic rings. The first-order chi connectivity index (χ1) is 48.4. The number of carbonyl (C=O) groups is 4. The predicted octanol–water partition coefficient (Wildman–Crippen LogP) is 24.3. The number of phosphoric acid groups is 2. The topological polar surface area (TPSA) is 237 Å². The maximum absolute atomic E-state index is 13.1. The smallest absolute Gasteiger partial charge is 0.462 e. The van der Waals surface area contributed by atoms with Crippen molar-refractivity contribution in [2.45, 2.75) is 445 Å². The van der Waals surface area contributed by atoms with Gasteiger partial charge >= 0.3 is 39.5 Å². The Hall–Kier alpha value is -1.94. The zero-order chi connectivity index (χ0) is 73.5. The van der Waals surface area contributed by atoms with Gasteiger partial charge in [-0.05, 0) is 37.5 Å². The van der Waals surface area contributed by atoms with Crippen LogP contribution in [0.3, 0.4) is 0 Å². The summed E-state index contributed by atoms with van der Waals surface area (Å²) in [5.41, 5.74) is 0. The Morgan fingerprint density at radius 1 is 0.290 bits per heavy atom. The molecule has 3 N–H and O–H groups in total. The average Bonchev–Trinajstić information content (AvgIpc) is 0.964. The molecule has 0 spiro atoms. The molecular weight excluding hydrogens is 1310 g/mol. The quantitative estimate of drug-likeness (QED) is 0.0222. The fourth-order valence-electron chi connectivity index (χ4n) is 12.5. The number of phosphoric ester groups is 2. The van der Waals surface area contributed by atoms with Crippen LogP contribution < -0.4 is 0 Å². The molecule has 0 rings (SSSR count). The average molecular weight is 1470 g/mol. The van der Waals surface area contributed by atoms with Crippen molar-refractivity contribution in [1.82, 2.24) is 0 Å². The summed E-state index contributed by atoms with van der Waals surface area (Å²) in [6.07, 6.45) is 62.8. The first kappa shape index (κ1) is 98.1. The van der Waals surface area contributed by atoms with Crippen molar-refractivity contribution in [3.05, 3.63) is 0 Å². The summed E-state index contributed by atoms with van der Waals surface area (Å²) in [5, 5.41) is 10.6. The van der Waals surface area contributed by atoms with E-state index in [0.29, 0.717) is 25.7 Å². The summed E-state index contributed by atoms with van der Waals surface area (Å²) in [6, 6.07) is 0. The molecule has 0 aliphatic carbocycles. The maximum atomic E-state index is 13.1. The second-order valence-electron chi connectivity index (χ2n) is 29.9. The molecule has 0 radical (unpaired) electrons.